The van der Waals surface area contributed by atoms with Crippen LogP contribution in [0.5, 0.6) is 5.75 Å². The molecule has 2 aromatic carbocycles. The van der Waals surface area contributed by atoms with Crippen LogP contribution in [0.1, 0.15) is 17.7 Å². The third-order valence-electron chi connectivity index (χ3n) is 5.24. The molecular formula is C25H27ClN2O5. The van der Waals surface area contributed by atoms with Crippen molar-refractivity contribution in [2.75, 3.05) is 19.7 Å². The molecule has 0 spiro atoms. The Morgan fingerprint density at radius 3 is 2.48 bits per heavy atom. The van der Waals surface area contributed by atoms with Crippen LogP contribution in [0.25, 0.3) is 10.9 Å². The Morgan fingerprint density at radius 2 is 1.76 bits per heavy atom. The SMILES string of the molecule is Clc1cccc(OCCCn2c3c(c4ccccc42)CCNCC3)c1.O=C(O)/C=C\C(=O)O. The second-order valence-corrected chi connectivity index (χ2v) is 7.95. The van der Waals surface area contributed by atoms with Gasteiger partial charge in [0.1, 0.15) is 5.75 Å². The number of fused-ring (bicyclic) bond motifs is 3. The van der Waals surface area contributed by atoms with Gasteiger partial charge in [-0.15, -0.1) is 0 Å². The van der Waals surface area contributed by atoms with Crippen molar-refractivity contribution in [1.82, 2.24) is 9.88 Å². The molecule has 0 atom stereocenters. The van der Waals surface area contributed by atoms with Crippen molar-refractivity contribution in [2.24, 2.45) is 0 Å². The number of hydrogen-bond donors (Lipinski definition) is 3. The number of aromatic nitrogens is 1. The Kier molecular flexibility index (Phi) is 8.92. The summed E-state index contributed by atoms with van der Waals surface area (Å²) in [6, 6.07) is 16.4. The Labute approximate surface area is 197 Å². The summed E-state index contributed by atoms with van der Waals surface area (Å²) in [5, 5.41) is 21.3. The maximum atomic E-state index is 9.55. The van der Waals surface area contributed by atoms with Crippen molar-refractivity contribution in [3.05, 3.63) is 77.0 Å². The van der Waals surface area contributed by atoms with Crippen LogP contribution in [0.3, 0.4) is 0 Å². The monoisotopic (exact) mass is 470 g/mol. The van der Waals surface area contributed by atoms with Crippen molar-refractivity contribution in [2.45, 2.75) is 25.8 Å². The quantitative estimate of drug-likeness (QED) is 0.354. The maximum absolute atomic E-state index is 9.55. The number of hydrogen-bond acceptors (Lipinski definition) is 4. The molecule has 1 aliphatic rings. The number of rotatable bonds is 7. The first kappa shape index (κ1) is 24.4. The normalized spacial score (nSPS) is 13.1. The predicted molar refractivity (Wildman–Crippen MR) is 128 cm³/mol. The summed E-state index contributed by atoms with van der Waals surface area (Å²) in [5.41, 5.74) is 4.38. The van der Waals surface area contributed by atoms with Gasteiger partial charge in [-0.1, -0.05) is 35.9 Å². The summed E-state index contributed by atoms with van der Waals surface area (Å²) in [5.74, 6) is -1.67. The van der Waals surface area contributed by atoms with Gasteiger partial charge >= 0.3 is 11.9 Å². The minimum Gasteiger partial charge on any atom is -0.493 e. The fraction of sp³-hybridized carbons (Fsp3) is 0.280. The summed E-state index contributed by atoms with van der Waals surface area (Å²) in [6.45, 7) is 3.80. The molecule has 0 radical (unpaired) electrons. The number of aliphatic carboxylic acids is 2. The fourth-order valence-corrected chi connectivity index (χ4v) is 4.09. The number of ether oxygens (including phenoxy) is 1. The van der Waals surface area contributed by atoms with Crippen molar-refractivity contribution < 1.29 is 24.5 Å². The largest absolute Gasteiger partial charge is 0.493 e. The van der Waals surface area contributed by atoms with E-state index in [4.69, 9.17) is 26.6 Å². The van der Waals surface area contributed by atoms with E-state index >= 15 is 0 Å². The lowest BCUT2D eigenvalue weighted by molar-refractivity contribution is -0.134. The molecule has 3 N–H and O–H groups in total. The molecule has 0 aliphatic carbocycles. The van der Waals surface area contributed by atoms with Crippen LogP contribution >= 0.6 is 11.6 Å². The topological polar surface area (TPSA) is 101 Å². The Hall–Kier alpha value is -3.29. The molecule has 8 heteroatoms. The smallest absolute Gasteiger partial charge is 0.328 e. The van der Waals surface area contributed by atoms with Gasteiger partial charge in [-0.3, -0.25) is 0 Å². The number of halogens is 1. The molecule has 174 valence electrons. The molecule has 1 aromatic heterocycles. The lowest BCUT2D eigenvalue weighted by Crippen LogP contribution is -2.17. The number of aryl methyl sites for hydroxylation is 1. The van der Waals surface area contributed by atoms with Crippen LogP contribution < -0.4 is 10.1 Å². The number of carboxylic acids is 2. The number of para-hydroxylation sites is 1. The van der Waals surface area contributed by atoms with Gasteiger partial charge in [-0.25, -0.2) is 9.59 Å². The molecule has 3 aromatic rings. The molecule has 0 bridgehead atoms. The Balaban J connectivity index is 0.000000331. The number of carbonyl (C=O) groups is 2. The minimum absolute atomic E-state index is 0.558. The Morgan fingerprint density at radius 1 is 1.03 bits per heavy atom. The van der Waals surface area contributed by atoms with E-state index in [1.165, 1.54) is 22.2 Å². The number of nitrogens with zero attached hydrogens (tertiary/aromatic N) is 1. The molecule has 0 amide bonds. The molecule has 0 fully saturated rings. The third-order valence-corrected chi connectivity index (χ3v) is 5.48. The zero-order valence-electron chi connectivity index (χ0n) is 18.2. The van der Waals surface area contributed by atoms with E-state index in [2.05, 4.69) is 34.1 Å². The average Bonchev–Trinajstić information content (AvgIpc) is 2.92. The van der Waals surface area contributed by atoms with E-state index in [-0.39, 0.29) is 0 Å². The van der Waals surface area contributed by atoms with E-state index in [0.29, 0.717) is 23.8 Å². The first-order valence-electron chi connectivity index (χ1n) is 10.8. The van der Waals surface area contributed by atoms with Gasteiger partial charge in [0.15, 0.2) is 0 Å². The van der Waals surface area contributed by atoms with E-state index in [1.54, 1.807) is 0 Å². The van der Waals surface area contributed by atoms with Crippen LogP contribution in [0, 0.1) is 0 Å². The van der Waals surface area contributed by atoms with Crippen molar-refractivity contribution >= 4 is 34.4 Å². The van der Waals surface area contributed by atoms with Crippen molar-refractivity contribution in [3.63, 3.8) is 0 Å². The molecule has 33 heavy (non-hydrogen) atoms. The highest BCUT2D eigenvalue weighted by atomic mass is 35.5. The van der Waals surface area contributed by atoms with Crippen LogP contribution in [0.15, 0.2) is 60.7 Å². The van der Waals surface area contributed by atoms with E-state index in [9.17, 15) is 9.59 Å². The molecule has 0 saturated carbocycles. The van der Waals surface area contributed by atoms with Crippen molar-refractivity contribution in [3.8, 4) is 5.75 Å². The summed E-state index contributed by atoms with van der Waals surface area (Å²) in [6.07, 6.45) is 4.30. The number of nitrogens with one attached hydrogen (secondary N) is 1. The summed E-state index contributed by atoms with van der Waals surface area (Å²) >= 11 is 6.01. The minimum atomic E-state index is -1.26. The van der Waals surface area contributed by atoms with Crippen LogP contribution in [-0.2, 0) is 29.0 Å². The molecule has 0 unspecified atom stereocenters. The first-order chi connectivity index (χ1) is 16.0. The van der Waals surface area contributed by atoms with Gasteiger partial charge in [0.2, 0.25) is 0 Å². The van der Waals surface area contributed by atoms with Gasteiger partial charge in [0.05, 0.1) is 6.61 Å². The standard InChI is InChI=1S/C21H23ClN2O.C4H4O4/c22-16-5-3-6-17(15-16)25-14-4-13-24-20-8-2-1-7-18(20)19-9-11-23-12-10-21(19)24;5-3(6)1-2-4(7)8/h1-3,5-8,15,23H,4,9-14H2;1-2H,(H,5,6)(H,7,8)/b;2-1-. The van der Waals surface area contributed by atoms with Crippen LogP contribution in [-0.4, -0.2) is 46.4 Å². The highest BCUT2D eigenvalue weighted by molar-refractivity contribution is 6.30. The van der Waals surface area contributed by atoms with Gasteiger partial charge in [0.25, 0.3) is 0 Å². The summed E-state index contributed by atoms with van der Waals surface area (Å²) < 4.78 is 8.35. The summed E-state index contributed by atoms with van der Waals surface area (Å²) in [4.78, 5) is 19.1. The zero-order chi connectivity index (χ0) is 23.6. The van der Waals surface area contributed by atoms with E-state index in [0.717, 1.165) is 44.6 Å². The van der Waals surface area contributed by atoms with Gasteiger partial charge in [-0.05, 0) is 49.2 Å². The van der Waals surface area contributed by atoms with Gasteiger partial charge in [-0.2, -0.15) is 0 Å². The van der Waals surface area contributed by atoms with Crippen LogP contribution in [0.2, 0.25) is 5.02 Å². The molecule has 1 aliphatic heterocycles. The highest BCUT2D eigenvalue weighted by Gasteiger charge is 2.18. The first-order valence-corrected chi connectivity index (χ1v) is 11.2. The van der Waals surface area contributed by atoms with Gasteiger partial charge in [0, 0.05) is 53.3 Å². The zero-order valence-corrected chi connectivity index (χ0v) is 18.9. The van der Waals surface area contributed by atoms with Gasteiger partial charge < -0.3 is 24.8 Å². The third kappa shape index (κ3) is 7.10. The Bertz CT molecular complexity index is 1120. The average molecular weight is 471 g/mol. The second kappa shape index (κ2) is 12.1. The van der Waals surface area contributed by atoms with E-state index in [1.807, 2.05) is 24.3 Å². The maximum Gasteiger partial charge on any atom is 0.328 e. The summed E-state index contributed by atoms with van der Waals surface area (Å²) in [7, 11) is 0. The lowest BCUT2D eigenvalue weighted by atomic mass is 10.1. The molecule has 2 heterocycles. The lowest BCUT2D eigenvalue weighted by Gasteiger charge is -2.12. The van der Waals surface area contributed by atoms with E-state index < -0.39 is 11.9 Å². The van der Waals surface area contributed by atoms with Crippen molar-refractivity contribution in [1.29, 1.82) is 0 Å². The fourth-order valence-electron chi connectivity index (χ4n) is 3.91. The number of benzene rings is 2. The molecular weight excluding hydrogens is 444 g/mol. The predicted octanol–water partition coefficient (Wildman–Crippen LogP) is 4.16. The molecule has 7 nitrogen and oxygen atoms in total. The molecule has 4 rings (SSSR count). The molecule has 0 saturated heterocycles. The second-order valence-electron chi connectivity index (χ2n) is 7.51. The number of carboxylic acid groups (broad SMARTS) is 2. The van der Waals surface area contributed by atoms with Crippen LogP contribution in [0.4, 0.5) is 0 Å². The highest BCUT2D eigenvalue weighted by Crippen LogP contribution is 2.28.